The van der Waals surface area contributed by atoms with Gasteiger partial charge in [0.05, 0.1) is 0 Å². The molecule has 4 nitrogen and oxygen atoms in total. The van der Waals surface area contributed by atoms with Gasteiger partial charge in [0.1, 0.15) is 6.54 Å². The van der Waals surface area contributed by atoms with Gasteiger partial charge in [-0.05, 0) is 35.8 Å². The van der Waals surface area contributed by atoms with Crippen molar-refractivity contribution >= 4 is 11.9 Å². The van der Waals surface area contributed by atoms with Crippen LogP contribution in [0, 0.1) is 11.8 Å². The summed E-state index contributed by atoms with van der Waals surface area (Å²) in [5.41, 5.74) is 2.64. The summed E-state index contributed by atoms with van der Waals surface area (Å²) in [7, 11) is 1.58. The number of fused-ring (bicyclic) bond motifs is 3. The van der Waals surface area contributed by atoms with Crippen LogP contribution in [0.15, 0.2) is 24.3 Å². The van der Waals surface area contributed by atoms with Crippen LogP contribution in [0.25, 0.3) is 0 Å². The van der Waals surface area contributed by atoms with Crippen LogP contribution in [0.2, 0.25) is 0 Å². The monoisotopic (exact) mass is 259 g/mol. The van der Waals surface area contributed by atoms with Crippen molar-refractivity contribution in [2.45, 2.75) is 18.8 Å². The fourth-order valence-electron chi connectivity index (χ4n) is 3.44. The lowest BCUT2D eigenvalue weighted by Gasteiger charge is -2.14. The smallest absolute Gasteiger partial charge is 0.323 e. The van der Waals surface area contributed by atoms with Gasteiger partial charge in [-0.2, -0.15) is 0 Å². The second-order valence-corrected chi connectivity index (χ2v) is 5.54. The first kappa shape index (κ1) is 12.2. The van der Waals surface area contributed by atoms with E-state index in [1.807, 2.05) is 12.1 Å². The molecule has 1 fully saturated rings. The predicted molar refractivity (Wildman–Crippen MR) is 69.8 cm³/mol. The quantitative estimate of drug-likeness (QED) is 0.895. The Morgan fingerprint density at radius 1 is 1.37 bits per heavy atom. The van der Waals surface area contributed by atoms with Crippen molar-refractivity contribution in [2.75, 3.05) is 13.6 Å². The molecule has 1 aromatic rings. The highest BCUT2D eigenvalue weighted by Crippen LogP contribution is 2.60. The highest BCUT2D eigenvalue weighted by molar-refractivity contribution is 5.86. The molecule has 1 saturated carbocycles. The number of rotatable bonds is 3. The zero-order valence-corrected chi connectivity index (χ0v) is 10.9. The molecule has 19 heavy (non-hydrogen) atoms. The summed E-state index contributed by atoms with van der Waals surface area (Å²) in [5, 5.41) is 8.76. The van der Waals surface area contributed by atoms with Crippen molar-refractivity contribution in [2.24, 2.45) is 11.8 Å². The van der Waals surface area contributed by atoms with Crippen LogP contribution in [0.4, 0.5) is 0 Å². The van der Waals surface area contributed by atoms with E-state index in [0.717, 1.165) is 12.8 Å². The Balaban J connectivity index is 1.77. The first-order chi connectivity index (χ1) is 9.09. The second kappa shape index (κ2) is 4.37. The number of carboxylic acid groups (broad SMARTS) is 1. The summed E-state index contributed by atoms with van der Waals surface area (Å²) in [6, 6.07) is 8.29. The number of nitrogens with zero attached hydrogens (tertiary/aromatic N) is 1. The number of carboxylic acids is 1. The summed E-state index contributed by atoms with van der Waals surface area (Å²) in [4.78, 5) is 24.3. The number of amides is 1. The van der Waals surface area contributed by atoms with Crippen molar-refractivity contribution in [3.8, 4) is 0 Å². The lowest BCUT2D eigenvalue weighted by molar-refractivity contribution is -0.144. The minimum atomic E-state index is -0.958. The summed E-state index contributed by atoms with van der Waals surface area (Å²) in [6.07, 6.45) is 2.07. The summed E-state index contributed by atoms with van der Waals surface area (Å²) >= 11 is 0. The predicted octanol–water partition coefficient (Wildman–Crippen LogP) is 1.51. The molecule has 0 aliphatic heterocycles. The van der Waals surface area contributed by atoms with Gasteiger partial charge in [-0.15, -0.1) is 0 Å². The molecular weight excluding hydrogens is 242 g/mol. The van der Waals surface area contributed by atoms with Crippen molar-refractivity contribution in [3.05, 3.63) is 35.4 Å². The van der Waals surface area contributed by atoms with E-state index in [1.54, 1.807) is 7.05 Å². The van der Waals surface area contributed by atoms with Crippen LogP contribution in [-0.2, 0) is 16.0 Å². The van der Waals surface area contributed by atoms with Gasteiger partial charge in [0, 0.05) is 13.0 Å². The maximum absolute atomic E-state index is 12.3. The zero-order valence-electron chi connectivity index (χ0n) is 10.9. The van der Waals surface area contributed by atoms with E-state index in [0.29, 0.717) is 11.8 Å². The van der Waals surface area contributed by atoms with E-state index in [1.165, 1.54) is 16.0 Å². The summed E-state index contributed by atoms with van der Waals surface area (Å²) < 4.78 is 0. The Hall–Kier alpha value is -1.84. The van der Waals surface area contributed by atoms with E-state index in [9.17, 15) is 9.59 Å². The van der Waals surface area contributed by atoms with Crippen LogP contribution in [0.5, 0.6) is 0 Å². The molecule has 1 amide bonds. The molecule has 100 valence electrons. The van der Waals surface area contributed by atoms with Crippen LogP contribution in [0.3, 0.4) is 0 Å². The van der Waals surface area contributed by atoms with Gasteiger partial charge < -0.3 is 10.0 Å². The highest BCUT2D eigenvalue weighted by Gasteiger charge is 2.57. The summed E-state index contributed by atoms with van der Waals surface area (Å²) in [6.45, 7) is -0.212. The van der Waals surface area contributed by atoms with Crippen LogP contribution in [0.1, 0.15) is 23.5 Å². The molecule has 0 heterocycles. The largest absolute Gasteiger partial charge is 0.480 e. The third-order valence-electron chi connectivity index (χ3n) is 4.36. The van der Waals surface area contributed by atoms with Crippen LogP contribution < -0.4 is 0 Å². The Bertz CT molecular complexity index is 540. The van der Waals surface area contributed by atoms with Crippen LogP contribution >= 0.6 is 0 Å². The number of benzene rings is 1. The first-order valence-corrected chi connectivity index (χ1v) is 6.64. The molecule has 0 spiro atoms. The first-order valence-electron chi connectivity index (χ1n) is 6.64. The Kier molecular flexibility index (Phi) is 2.81. The molecule has 0 bridgehead atoms. The van der Waals surface area contributed by atoms with Gasteiger partial charge in [0.15, 0.2) is 0 Å². The average Bonchev–Trinajstić information content (AvgIpc) is 3.11. The zero-order chi connectivity index (χ0) is 13.6. The Morgan fingerprint density at radius 3 is 2.84 bits per heavy atom. The Labute approximate surface area is 112 Å². The van der Waals surface area contributed by atoms with Gasteiger partial charge in [0.25, 0.3) is 0 Å². The molecule has 3 atom stereocenters. The minimum absolute atomic E-state index is 0.00648. The van der Waals surface area contributed by atoms with E-state index < -0.39 is 5.97 Å². The van der Waals surface area contributed by atoms with Crippen molar-refractivity contribution in [3.63, 3.8) is 0 Å². The van der Waals surface area contributed by atoms with E-state index >= 15 is 0 Å². The van der Waals surface area contributed by atoms with Crippen molar-refractivity contribution < 1.29 is 14.7 Å². The topological polar surface area (TPSA) is 57.6 Å². The molecule has 0 saturated heterocycles. The standard InChI is InChI=1S/C15H17NO3/c1-16(8-12(17)18)15(19)14-11-7-6-9-4-2-3-5-10(9)13(11)14/h2-5,11,13-14H,6-8H2,1H3,(H,17,18). The van der Waals surface area contributed by atoms with Gasteiger partial charge in [-0.3, -0.25) is 9.59 Å². The molecule has 1 N–H and O–H groups in total. The molecule has 2 aliphatic rings. The lowest BCUT2D eigenvalue weighted by atomic mass is 9.92. The van der Waals surface area contributed by atoms with Gasteiger partial charge in [-0.25, -0.2) is 0 Å². The van der Waals surface area contributed by atoms with Gasteiger partial charge >= 0.3 is 5.97 Å². The van der Waals surface area contributed by atoms with Gasteiger partial charge in [0.2, 0.25) is 5.91 Å². The number of carbonyl (C=O) groups is 2. The molecule has 3 unspecified atom stereocenters. The molecule has 0 radical (unpaired) electrons. The van der Waals surface area contributed by atoms with Crippen molar-refractivity contribution in [1.82, 2.24) is 4.90 Å². The molecule has 3 rings (SSSR count). The molecule has 0 aromatic heterocycles. The number of hydrogen-bond acceptors (Lipinski definition) is 2. The maximum Gasteiger partial charge on any atom is 0.323 e. The molecule has 4 heteroatoms. The van der Waals surface area contributed by atoms with E-state index in [4.69, 9.17) is 5.11 Å². The highest BCUT2D eigenvalue weighted by atomic mass is 16.4. The lowest BCUT2D eigenvalue weighted by Crippen LogP contribution is -2.33. The number of hydrogen-bond donors (Lipinski definition) is 1. The fraction of sp³-hybridized carbons (Fsp3) is 0.467. The summed E-state index contributed by atoms with van der Waals surface area (Å²) in [5.74, 6) is -0.255. The number of aliphatic carboxylic acids is 1. The number of likely N-dealkylation sites (N-methyl/N-ethyl adjacent to an activating group) is 1. The van der Waals surface area contributed by atoms with Gasteiger partial charge in [-0.1, -0.05) is 24.3 Å². The van der Waals surface area contributed by atoms with Crippen LogP contribution in [-0.4, -0.2) is 35.5 Å². The molecule has 1 aromatic carbocycles. The average molecular weight is 259 g/mol. The minimum Gasteiger partial charge on any atom is -0.480 e. The number of aryl methyl sites for hydroxylation is 1. The maximum atomic E-state index is 12.3. The number of carbonyl (C=O) groups excluding carboxylic acids is 1. The van der Waals surface area contributed by atoms with Crippen molar-refractivity contribution in [1.29, 1.82) is 0 Å². The molecule has 2 aliphatic carbocycles. The normalized spacial score (nSPS) is 27.1. The second-order valence-electron chi connectivity index (χ2n) is 5.54. The fourth-order valence-corrected chi connectivity index (χ4v) is 3.44. The van der Waals surface area contributed by atoms with E-state index in [-0.39, 0.29) is 18.4 Å². The SMILES string of the molecule is CN(CC(=O)O)C(=O)C1C2CCc3ccccc3C21. The molecular formula is C15H17NO3. The third kappa shape index (κ3) is 2.01. The Morgan fingerprint density at radius 2 is 2.11 bits per heavy atom. The third-order valence-corrected chi connectivity index (χ3v) is 4.36. The van der Waals surface area contributed by atoms with E-state index in [2.05, 4.69) is 12.1 Å².